The molecule has 7 heteroatoms. The van der Waals surface area contributed by atoms with E-state index in [1.807, 2.05) is 12.1 Å². The molecule has 0 radical (unpaired) electrons. The van der Waals surface area contributed by atoms with Gasteiger partial charge in [-0.05, 0) is 72.5 Å². The number of pyridine rings is 2. The molecule has 4 aromatic carbocycles. The fraction of sp³-hybridized carbons (Fsp3) is 0.0769. The van der Waals surface area contributed by atoms with Gasteiger partial charge < -0.3 is 4.74 Å². The molecule has 0 fully saturated rings. The first-order valence-corrected chi connectivity index (χ1v) is 15.6. The Kier molecular flexibility index (Phi) is 4.29. The second kappa shape index (κ2) is 8.14. The van der Waals surface area contributed by atoms with Gasteiger partial charge in [-0.3, -0.25) is 0 Å². The summed E-state index contributed by atoms with van der Waals surface area (Å²) in [6.45, 7) is 4.33. The van der Waals surface area contributed by atoms with Crippen LogP contribution in [0.4, 0.5) is 0 Å². The maximum Gasteiger partial charge on any atom is 0.453 e. The standard InChI is InChI=1S/C39H26N6O/c1-23-21-26(25-11-4-3-5-12-25)22-24(2)34(23)37-40-38-30-15-10-17-33-44(30)39(45(38)41-37)35-31(46-33)19-18-28-27-13-6-7-14-29(27)43(36(28)35)32-16-8-9-20-42(32)39/h3-22H,1-2H3/q+2. The molecule has 4 aromatic heterocycles. The van der Waals surface area contributed by atoms with E-state index in [1.54, 1.807) is 0 Å². The molecule has 0 saturated carbocycles. The lowest BCUT2D eigenvalue weighted by atomic mass is 9.95. The van der Waals surface area contributed by atoms with Gasteiger partial charge in [-0.1, -0.05) is 65.2 Å². The highest BCUT2D eigenvalue weighted by Crippen LogP contribution is 2.51. The topological polar surface area (TPSA) is 52.6 Å². The number of para-hydroxylation sites is 1. The van der Waals surface area contributed by atoms with Crippen LogP contribution in [0.3, 0.4) is 0 Å². The number of aryl methyl sites for hydroxylation is 2. The summed E-state index contributed by atoms with van der Waals surface area (Å²) in [6, 6.07) is 40.6. The predicted octanol–water partition coefficient (Wildman–Crippen LogP) is 7.06. The summed E-state index contributed by atoms with van der Waals surface area (Å²) in [6.07, 6.45) is 2.16. The van der Waals surface area contributed by atoms with Crippen molar-refractivity contribution in [1.82, 2.24) is 19.3 Å². The maximum atomic E-state index is 6.72. The number of nitrogens with zero attached hydrogens (tertiary/aromatic N) is 6. The molecular formula is C39H26N6O+2. The second-order valence-corrected chi connectivity index (χ2v) is 12.5. The van der Waals surface area contributed by atoms with Crippen molar-refractivity contribution in [3.63, 3.8) is 0 Å². The van der Waals surface area contributed by atoms with Crippen LogP contribution in [-0.2, 0) is 5.79 Å². The maximum absolute atomic E-state index is 6.72. The molecule has 3 aliphatic heterocycles. The smallest absolute Gasteiger partial charge is 0.404 e. The van der Waals surface area contributed by atoms with Crippen LogP contribution < -0.4 is 13.9 Å². The normalized spacial score (nSPS) is 16.3. The summed E-state index contributed by atoms with van der Waals surface area (Å²) in [5.74, 6) is 3.26. The summed E-state index contributed by atoms with van der Waals surface area (Å²) in [5, 5.41) is 7.85. The zero-order valence-corrected chi connectivity index (χ0v) is 25.1. The van der Waals surface area contributed by atoms with Gasteiger partial charge in [-0.2, -0.15) is 4.57 Å². The van der Waals surface area contributed by atoms with Gasteiger partial charge in [-0.15, -0.1) is 14.3 Å². The Bertz CT molecular complexity index is 2630. The highest BCUT2D eigenvalue weighted by atomic mass is 16.5. The third-order valence-electron chi connectivity index (χ3n) is 10.0. The lowest BCUT2D eigenvalue weighted by Crippen LogP contribution is -2.79. The van der Waals surface area contributed by atoms with Gasteiger partial charge in [0.25, 0.3) is 11.5 Å². The molecule has 7 nitrogen and oxygen atoms in total. The lowest BCUT2D eigenvalue weighted by Gasteiger charge is -2.32. The summed E-state index contributed by atoms with van der Waals surface area (Å²) < 4.78 is 15.8. The van der Waals surface area contributed by atoms with E-state index >= 15 is 0 Å². The lowest BCUT2D eigenvalue weighted by molar-refractivity contribution is -0.981. The Morgan fingerprint density at radius 3 is 2.41 bits per heavy atom. The second-order valence-electron chi connectivity index (χ2n) is 12.5. The summed E-state index contributed by atoms with van der Waals surface area (Å²) in [5.41, 5.74) is 10.1. The molecule has 216 valence electrons. The minimum atomic E-state index is -0.896. The molecule has 0 saturated heterocycles. The van der Waals surface area contributed by atoms with Crippen molar-refractivity contribution in [1.29, 1.82) is 0 Å². The first kappa shape index (κ1) is 24.3. The van der Waals surface area contributed by atoms with Crippen LogP contribution >= 0.6 is 0 Å². The van der Waals surface area contributed by atoms with Crippen LogP contribution in [0.15, 0.2) is 121 Å². The minimum Gasteiger partial charge on any atom is -0.404 e. The van der Waals surface area contributed by atoms with Gasteiger partial charge >= 0.3 is 11.7 Å². The van der Waals surface area contributed by atoms with E-state index < -0.39 is 5.79 Å². The minimum absolute atomic E-state index is 0.722. The van der Waals surface area contributed by atoms with Crippen LogP contribution in [0.5, 0.6) is 11.6 Å². The fourth-order valence-electron chi connectivity index (χ4n) is 8.30. The summed E-state index contributed by atoms with van der Waals surface area (Å²) >= 11 is 0. The quantitative estimate of drug-likeness (QED) is 0.202. The number of aromatic nitrogens is 6. The van der Waals surface area contributed by atoms with Gasteiger partial charge in [0.1, 0.15) is 11.7 Å². The van der Waals surface area contributed by atoms with Crippen molar-refractivity contribution in [2.45, 2.75) is 19.6 Å². The Morgan fingerprint density at radius 1 is 0.739 bits per heavy atom. The van der Waals surface area contributed by atoms with Gasteiger partial charge in [0, 0.05) is 28.5 Å². The molecular weight excluding hydrogens is 568 g/mol. The first-order valence-electron chi connectivity index (χ1n) is 15.6. The highest BCUT2D eigenvalue weighted by molar-refractivity contribution is 6.11. The molecule has 0 amide bonds. The molecule has 1 spiro atoms. The molecule has 11 rings (SSSR count). The van der Waals surface area contributed by atoms with E-state index in [0.29, 0.717) is 0 Å². The van der Waals surface area contributed by atoms with E-state index in [9.17, 15) is 0 Å². The third-order valence-corrected chi connectivity index (χ3v) is 10.0. The molecule has 0 N–H and O–H groups in total. The first-order chi connectivity index (χ1) is 22.6. The molecule has 3 aliphatic rings. The SMILES string of the molecule is Cc1cc(-c2ccccc2)cc(C)c1-c1nc2n(n1)C13c4c(ccc5c6ccccc6n(c45)-c4cccc[n+]41)Oc1cccc-2[n+]13. The molecule has 8 aromatic rings. The molecule has 1 atom stereocenters. The molecule has 1 unspecified atom stereocenters. The number of hydrogen-bond donors (Lipinski definition) is 0. The number of ether oxygens (including phenoxy) is 1. The number of rotatable bonds is 2. The van der Waals surface area contributed by atoms with Gasteiger partial charge in [0.15, 0.2) is 22.7 Å². The van der Waals surface area contributed by atoms with Gasteiger partial charge in [-0.25, -0.2) is 4.98 Å². The van der Waals surface area contributed by atoms with Crippen LogP contribution in [0, 0.1) is 13.8 Å². The molecule has 7 heterocycles. The van der Waals surface area contributed by atoms with Crippen LogP contribution in [-0.4, -0.2) is 19.3 Å². The van der Waals surface area contributed by atoms with E-state index in [-0.39, 0.29) is 0 Å². The monoisotopic (exact) mass is 594 g/mol. The summed E-state index contributed by atoms with van der Waals surface area (Å²) in [7, 11) is 0. The Hall–Kier alpha value is -6.08. The van der Waals surface area contributed by atoms with Crippen LogP contribution in [0.25, 0.3) is 61.7 Å². The van der Waals surface area contributed by atoms with Crippen molar-refractivity contribution in [2.24, 2.45) is 0 Å². The number of fused-ring (bicyclic) bond motifs is 7. The van der Waals surface area contributed by atoms with Crippen molar-refractivity contribution in [3.05, 3.63) is 138 Å². The number of benzene rings is 4. The molecule has 0 aliphatic carbocycles. The molecule has 46 heavy (non-hydrogen) atoms. The van der Waals surface area contributed by atoms with Crippen molar-refractivity contribution >= 4 is 21.8 Å². The van der Waals surface area contributed by atoms with E-state index in [2.05, 4.69) is 142 Å². The zero-order chi connectivity index (χ0) is 30.3. The van der Waals surface area contributed by atoms with Crippen molar-refractivity contribution in [3.8, 4) is 51.5 Å². The van der Waals surface area contributed by atoms with Crippen LogP contribution in [0.1, 0.15) is 16.7 Å². The van der Waals surface area contributed by atoms with E-state index in [0.717, 1.165) is 68.1 Å². The average molecular weight is 595 g/mol. The fourth-order valence-corrected chi connectivity index (χ4v) is 8.30. The van der Waals surface area contributed by atoms with E-state index in [4.69, 9.17) is 14.8 Å². The number of hydrogen-bond acceptors (Lipinski definition) is 3. The Morgan fingerprint density at radius 2 is 1.54 bits per heavy atom. The van der Waals surface area contributed by atoms with Crippen LogP contribution in [0.2, 0.25) is 0 Å². The van der Waals surface area contributed by atoms with Crippen molar-refractivity contribution in [2.75, 3.05) is 0 Å². The van der Waals surface area contributed by atoms with Gasteiger partial charge in [0.2, 0.25) is 5.82 Å². The molecule has 0 bridgehead atoms. The largest absolute Gasteiger partial charge is 0.453 e. The van der Waals surface area contributed by atoms with E-state index in [1.165, 1.54) is 21.9 Å². The predicted molar refractivity (Wildman–Crippen MR) is 175 cm³/mol. The third kappa shape index (κ3) is 2.68. The zero-order valence-electron chi connectivity index (χ0n) is 25.1. The van der Waals surface area contributed by atoms with Crippen molar-refractivity contribution < 1.29 is 13.9 Å². The highest BCUT2D eigenvalue weighted by Gasteiger charge is 2.69. The Balaban J connectivity index is 1.26. The Labute approximate surface area is 263 Å². The summed E-state index contributed by atoms with van der Waals surface area (Å²) in [4.78, 5) is 5.33. The average Bonchev–Trinajstić information content (AvgIpc) is 3.75. The van der Waals surface area contributed by atoms with Gasteiger partial charge in [0.05, 0.1) is 6.07 Å².